The molecule has 15 nitrogen and oxygen atoms in total. The van der Waals surface area contributed by atoms with Gasteiger partial charge in [0.25, 0.3) is 0 Å². The maximum atomic E-state index is 13.6. The van der Waals surface area contributed by atoms with E-state index in [-0.39, 0.29) is 54.9 Å². The maximum Gasteiger partial charge on any atom is 0.330 e. The number of fused-ring (bicyclic) bond motifs is 9. The summed E-state index contributed by atoms with van der Waals surface area (Å²) in [5.41, 5.74) is 4.02. The highest BCUT2D eigenvalue weighted by atomic mass is 79.9. The second-order valence-electron chi connectivity index (χ2n) is 19.7. The molecule has 2 aromatic heterocycles. The molecule has 0 unspecified atom stereocenters. The summed E-state index contributed by atoms with van der Waals surface area (Å²) < 4.78 is 62.1. The van der Waals surface area contributed by atoms with Gasteiger partial charge in [-0.1, -0.05) is 84.0 Å². The van der Waals surface area contributed by atoms with Crippen LogP contribution in [0.4, 0.5) is 0 Å². The van der Waals surface area contributed by atoms with Crippen molar-refractivity contribution in [3.8, 4) is 0 Å². The molecule has 70 heavy (non-hydrogen) atoms. The largest absolute Gasteiger partial charge is 0.458 e. The van der Waals surface area contributed by atoms with Crippen LogP contribution in [0.1, 0.15) is 121 Å². The molecule has 7 rings (SSSR count). The summed E-state index contributed by atoms with van der Waals surface area (Å²) in [5.74, 6) is -1.21. The monoisotopic (exact) mass is 1040 g/mol. The number of allylic oxidation sites excluding steroid dienone is 2. The number of aliphatic hydroxyl groups excluding tert-OH is 2. The highest BCUT2D eigenvalue weighted by Gasteiger charge is 2.46. The molecule has 2 aromatic rings. The molecule has 2 N–H and O–H groups in total. The van der Waals surface area contributed by atoms with E-state index in [1.54, 1.807) is 44.9 Å². The van der Waals surface area contributed by atoms with Crippen LogP contribution in [-0.4, -0.2) is 120 Å². The first-order valence-electron chi connectivity index (χ1n) is 24.7. The lowest BCUT2D eigenvalue weighted by atomic mass is 9.79. The molecule has 5 aliphatic rings. The highest BCUT2D eigenvalue weighted by Crippen LogP contribution is 2.40. The number of halogens is 1. The predicted molar refractivity (Wildman–Crippen MR) is 266 cm³/mol. The molecule has 0 aromatic carbocycles. The smallest absolute Gasteiger partial charge is 0.330 e. The standard InChI is InChI=1S/C54H73BrN2O13/c1-32(17-18-39(61-6)13-11-19-55)22-45(59)48-27-43(62-7)28-54(63-8,70-48)29-50-56-37(30-64-50)23-34(3)52-36(5)53-35(4)46(68-52)14-10-15-49-57-44(31-65-49)47-25-38(58)24-42(67-47)26-41-21-33(2)20-40(66-41)12-9-16-51(60)69-53/h9-11,15-19,22-23,30-31,35-36,38-43,45-48,52-53,58-59H,2,12-14,20-21,24-29H2,1,3-8H3/b15-10+,16-9-,18-17+,19-11+,32-22+,34-23+/t35-,36-,38+,39-,40-,41+,42-,43-,45+,46+,47+,48-,52-,53+,54+/m1/s1. The van der Waals surface area contributed by atoms with Gasteiger partial charge in [0, 0.05) is 64.9 Å². The second-order valence-corrected chi connectivity index (χ2v) is 20.2. The summed E-state index contributed by atoms with van der Waals surface area (Å²) >= 11 is 3.30. The van der Waals surface area contributed by atoms with Crippen LogP contribution in [0.2, 0.25) is 0 Å². The molecular formula is C54H73BrN2O13. The van der Waals surface area contributed by atoms with Gasteiger partial charge in [-0.25, -0.2) is 14.8 Å². The van der Waals surface area contributed by atoms with E-state index in [9.17, 15) is 15.0 Å². The van der Waals surface area contributed by atoms with Crippen LogP contribution in [0.3, 0.4) is 0 Å². The Balaban J connectivity index is 1.07. The summed E-state index contributed by atoms with van der Waals surface area (Å²) in [6, 6.07) is 0. The second kappa shape index (κ2) is 25.2. The molecule has 4 saturated heterocycles. The van der Waals surface area contributed by atoms with Gasteiger partial charge >= 0.3 is 5.97 Å². The Kier molecular flexibility index (Phi) is 19.5. The number of rotatable bonds is 13. The van der Waals surface area contributed by atoms with Gasteiger partial charge in [0.05, 0.1) is 67.5 Å². The van der Waals surface area contributed by atoms with Gasteiger partial charge < -0.3 is 56.9 Å². The third-order valence-corrected chi connectivity index (χ3v) is 14.6. The molecule has 4 fully saturated rings. The molecule has 16 heteroatoms. The van der Waals surface area contributed by atoms with Gasteiger partial charge in [-0.05, 0) is 75.1 Å². The molecule has 384 valence electrons. The molecule has 5 aliphatic heterocycles. The van der Waals surface area contributed by atoms with Gasteiger partial charge in [0.15, 0.2) is 11.7 Å². The summed E-state index contributed by atoms with van der Waals surface area (Å²) in [6.45, 7) is 12.3. The van der Waals surface area contributed by atoms with Crippen LogP contribution >= 0.6 is 15.9 Å². The molecule has 0 radical (unpaired) electrons. The predicted octanol–water partition coefficient (Wildman–Crippen LogP) is 9.41. The third-order valence-electron chi connectivity index (χ3n) is 14.2. The van der Waals surface area contributed by atoms with E-state index >= 15 is 0 Å². The van der Waals surface area contributed by atoms with Crippen molar-refractivity contribution >= 4 is 34.1 Å². The van der Waals surface area contributed by atoms with Crippen molar-refractivity contribution < 1.29 is 61.7 Å². The minimum atomic E-state index is -1.19. The zero-order valence-electron chi connectivity index (χ0n) is 41.7. The Hall–Kier alpha value is -3.81. The Morgan fingerprint density at radius 2 is 1.77 bits per heavy atom. The number of esters is 1. The quantitative estimate of drug-likeness (QED) is 0.110. The van der Waals surface area contributed by atoms with Crippen LogP contribution in [0.5, 0.6) is 0 Å². The normalized spacial score (nSPS) is 35.8. The van der Waals surface area contributed by atoms with E-state index in [0.717, 1.165) is 16.7 Å². The molecular weight excluding hydrogens is 964 g/mol. The number of oxazole rings is 2. The minimum Gasteiger partial charge on any atom is -0.458 e. The van der Waals surface area contributed by atoms with Crippen molar-refractivity contribution in [3.05, 3.63) is 107 Å². The molecule has 0 aliphatic carbocycles. The Bertz CT molecular complexity index is 2230. The Morgan fingerprint density at radius 1 is 0.971 bits per heavy atom. The number of methoxy groups -OCH3 is 3. The molecule has 0 amide bonds. The van der Waals surface area contributed by atoms with E-state index in [4.69, 9.17) is 56.7 Å². The molecule has 0 spiro atoms. The fraction of sp³-hybridized carbons (Fsp3) is 0.611. The van der Waals surface area contributed by atoms with Gasteiger partial charge in [-0.3, -0.25) is 0 Å². The van der Waals surface area contributed by atoms with Gasteiger partial charge in [-0.15, -0.1) is 0 Å². The summed E-state index contributed by atoms with van der Waals surface area (Å²) in [5, 5.41) is 22.3. The number of nitrogens with zero attached hydrogens (tertiary/aromatic N) is 2. The third kappa shape index (κ3) is 14.4. The summed E-state index contributed by atoms with van der Waals surface area (Å²) in [6.07, 6.45) is 20.9. The number of carbonyl (C=O) groups is 1. The van der Waals surface area contributed by atoms with Crippen LogP contribution in [0.15, 0.2) is 92.2 Å². The van der Waals surface area contributed by atoms with Crippen molar-refractivity contribution in [1.29, 1.82) is 0 Å². The van der Waals surface area contributed by atoms with E-state index in [1.807, 2.05) is 70.2 Å². The van der Waals surface area contributed by atoms with E-state index in [0.29, 0.717) is 87.4 Å². The minimum absolute atomic E-state index is 0.107. The fourth-order valence-corrected chi connectivity index (χ4v) is 10.8. The topological polar surface area (TPSA) is 183 Å². The number of ether oxygens (including phenoxy) is 8. The summed E-state index contributed by atoms with van der Waals surface area (Å²) in [4.78, 5) is 25.0. The van der Waals surface area contributed by atoms with E-state index in [1.165, 1.54) is 6.08 Å². The zero-order chi connectivity index (χ0) is 50.0. The first kappa shape index (κ1) is 54.0. The molecule has 15 atom stereocenters. The van der Waals surface area contributed by atoms with Crippen molar-refractivity contribution in [2.75, 3.05) is 21.3 Å². The van der Waals surface area contributed by atoms with E-state index in [2.05, 4.69) is 22.5 Å². The van der Waals surface area contributed by atoms with Gasteiger partial charge in [0.1, 0.15) is 36.1 Å². The van der Waals surface area contributed by atoms with Crippen molar-refractivity contribution in [3.63, 3.8) is 0 Å². The van der Waals surface area contributed by atoms with E-state index < -0.39 is 48.4 Å². The molecule has 8 bridgehead atoms. The molecule has 0 saturated carbocycles. The number of aliphatic hydroxyl groups is 2. The lowest BCUT2D eigenvalue weighted by Gasteiger charge is -2.44. The zero-order valence-corrected chi connectivity index (χ0v) is 43.2. The first-order valence-corrected chi connectivity index (χ1v) is 25.6. The van der Waals surface area contributed by atoms with Crippen molar-refractivity contribution in [1.82, 2.24) is 9.97 Å². The number of carbonyl (C=O) groups excluding carboxylic acids is 1. The lowest BCUT2D eigenvalue weighted by molar-refractivity contribution is -0.298. The van der Waals surface area contributed by atoms with Gasteiger partial charge in [0.2, 0.25) is 5.89 Å². The maximum absolute atomic E-state index is 13.6. The lowest BCUT2D eigenvalue weighted by Crippen LogP contribution is -2.52. The number of hydrogen-bond acceptors (Lipinski definition) is 15. The average molecular weight is 1040 g/mol. The number of aromatic nitrogens is 2. The van der Waals surface area contributed by atoms with Crippen molar-refractivity contribution in [2.45, 2.75) is 177 Å². The van der Waals surface area contributed by atoms with Crippen LogP contribution in [0.25, 0.3) is 12.2 Å². The van der Waals surface area contributed by atoms with Gasteiger partial charge in [-0.2, -0.15) is 0 Å². The van der Waals surface area contributed by atoms with Crippen LogP contribution < -0.4 is 0 Å². The fourth-order valence-electron chi connectivity index (χ4n) is 10.5. The van der Waals surface area contributed by atoms with Crippen molar-refractivity contribution in [2.24, 2.45) is 11.8 Å². The SMILES string of the molecule is C=C1C[C@H]2C/C=C\C(=O)O[C@H]3[C@H](C)[C@H](C/C=C/c4nc(co4)[C@@H]4C[C@@H](O)C[C@H](C[C@H](C1)O2)O4)O[C@H](/C(C)=C/c1coc(C[C@]2(OC)C[C@H](OC)C[C@H]([C@@H](O)/C=C(C)/C=C/[C@@H](C/C=C/Br)OC)O2)n1)[C@H]3C. The highest BCUT2D eigenvalue weighted by molar-refractivity contribution is 9.11. The molecule has 7 heterocycles. The first-order chi connectivity index (χ1) is 33.7. The number of hydrogen-bond donors (Lipinski definition) is 2. The van der Waals surface area contributed by atoms with Crippen LogP contribution in [0, 0.1) is 11.8 Å². The Morgan fingerprint density at radius 3 is 2.54 bits per heavy atom. The summed E-state index contributed by atoms with van der Waals surface area (Å²) in [7, 11) is 4.88. The van der Waals surface area contributed by atoms with Crippen LogP contribution in [-0.2, 0) is 49.1 Å². The Labute approximate surface area is 421 Å². The average Bonchev–Trinajstić information content (AvgIpc) is 3.99.